The van der Waals surface area contributed by atoms with Gasteiger partial charge in [-0.3, -0.25) is 4.79 Å². The predicted octanol–water partition coefficient (Wildman–Crippen LogP) is 4.50. The molecular formula is C16H7Cl3F4N4O3S. The lowest BCUT2D eigenvalue weighted by Crippen LogP contribution is -2.32. The minimum absolute atomic E-state index is 0.129. The van der Waals surface area contributed by atoms with Crippen LogP contribution in [0.15, 0.2) is 41.3 Å². The Morgan fingerprint density at radius 3 is 2.29 bits per heavy atom. The highest BCUT2D eigenvalue weighted by Gasteiger charge is 2.43. The third kappa shape index (κ3) is 4.76. The number of nitrogens with one attached hydrogen (secondary N) is 1. The molecular weight excluding hydrogens is 511 g/mol. The van der Waals surface area contributed by atoms with Crippen LogP contribution in [0.5, 0.6) is 0 Å². The molecule has 0 unspecified atom stereocenters. The zero-order chi connectivity index (χ0) is 23.1. The van der Waals surface area contributed by atoms with Gasteiger partial charge >= 0.3 is 6.18 Å². The number of hydrogen-bond acceptors (Lipinski definition) is 5. The highest BCUT2D eigenvalue weighted by molar-refractivity contribution is 7.90. The van der Waals surface area contributed by atoms with Gasteiger partial charge in [0.2, 0.25) is 0 Å². The third-order valence-corrected chi connectivity index (χ3v) is 5.88. The summed E-state index contributed by atoms with van der Waals surface area (Å²) in [7, 11) is -4.72. The van der Waals surface area contributed by atoms with Crippen molar-refractivity contribution >= 4 is 50.7 Å². The van der Waals surface area contributed by atoms with Gasteiger partial charge in [0.15, 0.2) is 11.4 Å². The molecule has 0 saturated carbocycles. The van der Waals surface area contributed by atoms with Gasteiger partial charge in [-0.25, -0.2) is 22.2 Å². The second-order valence-electron chi connectivity index (χ2n) is 5.80. The van der Waals surface area contributed by atoms with Crippen molar-refractivity contribution in [2.45, 2.75) is 11.1 Å². The monoisotopic (exact) mass is 516 g/mol. The average molecular weight is 518 g/mol. The van der Waals surface area contributed by atoms with Crippen LogP contribution in [0.1, 0.15) is 16.2 Å². The number of amides is 1. The first-order valence-electron chi connectivity index (χ1n) is 7.82. The van der Waals surface area contributed by atoms with Crippen molar-refractivity contribution in [3.8, 4) is 5.69 Å². The average Bonchev–Trinajstić information content (AvgIpc) is 3.09. The van der Waals surface area contributed by atoms with Gasteiger partial charge in [0.05, 0.1) is 20.6 Å². The van der Waals surface area contributed by atoms with Crippen molar-refractivity contribution in [3.63, 3.8) is 0 Å². The van der Waals surface area contributed by atoms with E-state index in [-0.39, 0.29) is 20.4 Å². The fraction of sp³-hybridized carbons (Fsp3) is 0.0625. The Hall–Kier alpha value is -2.41. The Kier molecular flexibility index (Phi) is 6.20. The summed E-state index contributed by atoms with van der Waals surface area (Å²) in [6, 6.07) is 5.64. The normalized spacial score (nSPS) is 12.1. The SMILES string of the molecule is O=C(NS(=O)(=O)c1ccc(F)c(Cl)c1)c1nnn(-c2ccc(Cl)cc2Cl)c1C(F)(F)F. The van der Waals surface area contributed by atoms with Crippen LogP contribution < -0.4 is 4.72 Å². The summed E-state index contributed by atoms with van der Waals surface area (Å²) in [6.07, 6.45) is -5.18. The first-order valence-corrected chi connectivity index (χ1v) is 10.4. The van der Waals surface area contributed by atoms with E-state index in [0.717, 1.165) is 18.2 Å². The zero-order valence-electron chi connectivity index (χ0n) is 14.6. The molecule has 0 spiro atoms. The number of sulfonamides is 1. The topological polar surface area (TPSA) is 93.9 Å². The van der Waals surface area contributed by atoms with Crippen LogP contribution in [0, 0.1) is 5.82 Å². The molecule has 0 saturated heterocycles. The van der Waals surface area contributed by atoms with E-state index in [9.17, 15) is 30.8 Å². The van der Waals surface area contributed by atoms with Gasteiger partial charge < -0.3 is 0 Å². The van der Waals surface area contributed by atoms with Crippen LogP contribution in [0.3, 0.4) is 0 Å². The smallest absolute Gasteiger partial charge is 0.266 e. The molecule has 0 aliphatic rings. The van der Waals surface area contributed by atoms with Crippen molar-refractivity contribution in [1.29, 1.82) is 0 Å². The third-order valence-electron chi connectivity index (χ3n) is 3.72. The Bertz CT molecular complexity index is 1300. The zero-order valence-corrected chi connectivity index (χ0v) is 17.7. The number of hydrogen-bond donors (Lipinski definition) is 1. The fourth-order valence-electron chi connectivity index (χ4n) is 2.38. The molecule has 0 fully saturated rings. The molecule has 0 aliphatic heterocycles. The minimum Gasteiger partial charge on any atom is -0.266 e. The van der Waals surface area contributed by atoms with Crippen LogP contribution in [0.2, 0.25) is 15.1 Å². The molecule has 164 valence electrons. The van der Waals surface area contributed by atoms with Crippen molar-refractivity contribution in [1.82, 2.24) is 19.7 Å². The lowest BCUT2D eigenvalue weighted by Gasteiger charge is -2.12. The number of halogens is 7. The van der Waals surface area contributed by atoms with Crippen LogP contribution in [0.25, 0.3) is 5.69 Å². The first-order chi connectivity index (χ1) is 14.3. The predicted molar refractivity (Wildman–Crippen MR) is 102 cm³/mol. The highest BCUT2D eigenvalue weighted by Crippen LogP contribution is 2.35. The molecule has 1 aromatic heterocycles. The number of carbonyl (C=O) groups is 1. The number of carbonyl (C=O) groups excluding carboxylic acids is 1. The maximum atomic E-state index is 13.7. The van der Waals surface area contributed by atoms with E-state index in [2.05, 4.69) is 10.3 Å². The molecule has 0 atom stereocenters. The molecule has 3 rings (SSSR count). The van der Waals surface area contributed by atoms with Crippen LogP contribution in [0.4, 0.5) is 17.6 Å². The van der Waals surface area contributed by atoms with E-state index in [1.165, 1.54) is 10.8 Å². The number of aromatic nitrogens is 3. The molecule has 0 radical (unpaired) electrons. The Morgan fingerprint density at radius 1 is 1.03 bits per heavy atom. The van der Waals surface area contributed by atoms with Gasteiger partial charge in [0.1, 0.15) is 5.82 Å². The molecule has 2 aromatic carbocycles. The van der Waals surface area contributed by atoms with Gasteiger partial charge in [-0.2, -0.15) is 13.2 Å². The van der Waals surface area contributed by atoms with Crippen molar-refractivity contribution in [3.05, 3.63) is 68.7 Å². The lowest BCUT2D eigenvalue weighted by atomic mass is 10.2. The minimum atomic E-state index is -5.18. The molecule has 7 nitrogen and oxygen atoms in total. The van der Waals surface area contributed by atoms with Gasteiger partial charge in [-0.15, -0.1) is 5.10 Å². The summed E-state index contributed by atoms with van der Waals surface area (Å²) in [5, 5.41) is 5.78. The summed E-state index contributed by atoms with van der Waals surface area (Å²) in [4.78, 5) is 11.7. The van der Waals surface area contributed by atoms with Gasteiger partial charge in [-0.05, 0) is 36.4 Å². The second-order valence-corrected chi connectivity index (χ2v) is 8.74. The van der Waals surface area contributed by atoms with Crippen LogP contribution in [-0.2, 0) is 16.2 Å². The van der Waals surface area contributed by atoms with Crippen molar-refractivity contribution in [2.24, 2.45) is 0 Å². The van der Waals surface area contributed by atoms with Crippen molar-refractivity contribution < 1.29 is 30.8 Å². The lowest BCUT2D eigenvalue weighted by molar-refractivity contribution is -0.143. The number of nitrogens with zero attached hydrogens (tertiary/aromatic N) is 3. The van der Waals surface area contributed by atoms with E-state index in [4.69, 9.17) is 34.8 Å². The summed E-state index contributed by atoms with van der Waals surface area (Å²) < 4.78 is 80.6. The maximum absolute atomic E-state index is 13.7. The van der Waals surface area contributed by atoms with Crippen LogP contribution >= 0.6 is 34.8 Å². The van der Waals surface area contributed by atoms with E-state index in [1.807, 2.05) is 0 Å². The number of benzene rings is 2. The molecule has 1 heterocycles. The standard InChI is InChI=1S/C16H7Cl3F4N4O3S/c17-7-1-4-12(10(19)5-7)27-14(16(21,22)23)13(24-26-27)15(28)25-31(29,30)8-2-3-11(20)9(18)6-8/h1-6H,(H,25,28). The Labute approximate surface area is 186 Å². The van der Waals surface area contributed by atoms with E-state index < -0.39 is 49.2 Å². The van der Waals surface area contributed by atoms with Gasteiger partial charge in [-0.1, -0.05) is 40.0 Å². The van der Waals surface area contributed by atoms with E-state index in [0.29, 0.717) is 12.1 Å². The van der Waals surface area contributed by atoms with Gasteiger partial charge in [0.25, 0.3) is 15.9 Å². The Balaban J connectivity index is 2.05. The molecule has 15 heteroatoms. The Morgan fingerprint density at radius 2 is 1.71 bits per heavy atom. The summed E-state index contributed by atoms with van der Waals surface area (Å²) in [5.74, 6) is -2.67. The molecule has 3 aromatic rings. The van der Waals surface area contributed by atoms with Crippen molar-refractivity contribution in [2.75, 3.05) is 0 Å². The molecule has 1 amide bonds. The quantitative estimate of drug-likeness (QED) is 0.514. The van der Waals surface area contributed by atoms with Crippen LogP contribution in [-0.4, -0.2) is 29.3 Å². The van der Waals surface area contributed by atoms with E-state index in [1.54, 1.807) is 0 Å². The summed E-state index contributed by atoms with van der Waals surface area (Å²) in [6.45, 7) is 0. The fourth-order valence-corrected chi connectivity index (χ4v) is 4.10. The highest BCUT2D eigenvalue weighted by atomic mass is 35.5. The molecule has 1 N–H and O–H groups in total. The summed E-state index contributed by atoms with van der Waals surface area (Å²) in [5.41, 5.74) is -3.32. The molecule has 0 aliphatic carbocycles. The number of rotatable bonds is 4. The number of alkyl halides is 3. The van der Waals surface area contributed by atoms with Gasteiger partial charge in [0, 0.05) is 5.02 Å². The first kappa shape index (κ1) is 23.3. The maximum Gasteiger partial charge on any atom is 0.435 e. The second kappa shape index (κ2) is 8.26. The molecule has 0 bridgehead atoms. The summed E-state index contributed by atoms with van der Waals surface area (Å²) >= 11 is 17.1. The van der Waals surface area contributed by atoms with E-state index >= 15 is 0 Å². The largest absolute Gasteiger partial charge is 0.435 e. The molecule has 31 heavy (non-hydrogen) atoms.